The summed E-state index contributed by atoms with van der Waals surface area (Å²) in [5.41, 5.74) is -0.179. The zero-order valence-electron chi connectivity index (χ0n) is 10.9. The monoisotopic (exact) mass is 271 g/mol. The highest BCUT2D eigenvalue weighted by atomic mass is 19.4. The lowest BCUT2D eigenvalue weighted by Crippen LogP contribution is -2.08. The van der Waals surface area contributed by atoms with Gasteiger partial charge in [0, 0.05) is 6.42 Å². The van der Waals surface area contributed by atoms with E-state index < -0.39 is 11.7 Å². The van der Waals surface area contributed by atoms with Crippen molar-refractivity contribution in [3.05, 3.63) is 29.3 Å². The highest BCUT2D eigenvalue weighted by Gasteiger charge is 2.31. The van der Waals surface area contributed by atoms with Gasteiger partial charge in [-0.05, 0) is 43.0 Å². The van der Waals surface area contributed by atoms with Gasteiger partial charge in [-0.15, -0.1) is 0 Å². The second-order valence-corrected chi connectivity index (χ2v) is 4.28. The number of hydrogen-bond acceptors (Lipinski definition) is 2. The number of rotatable bonds is 5. The molecule has 0 aromatic heterocycles. The number of nitriles is 1. The van der Waals surface area contributed by atoms with E-state index >= 15 is 0 Å². The molecule has 0 N–H and O–H groups in total. The first-order chi connectivity index (χ1) is 8.90. The molecule has 2 nitrogen and oxygen atoms in total. The summed E-state index contributed by atoms with van der Waals surface area (Å²) in [5.74, 6) is 0.310. The molecule has 0 aliphatic carbocycles. The van der Waals surface area contributed by atoms with Crippen LogP contribution >= 0.6 is 0 Å². The molecular formula is C14H16F3NO. The van der Waals surface area contributed by atoms with Crippen LogP contribution < -0.4 is 4.74 Å². The molecule has 0 fully saturated rings. The highest BCUT2D eigenvalue weighted by Crippen LogP contribution is 2.36. The molecule has 104 valence electrons. The molecule has 0 aliphatic rings. The van der Waals surface area contributed by atoms with Gasteiger partial charge in [-0.3, -0.25) is 0 Å². The molecule has 19 heavy (non-hydrogen) atoms. The predicted octanol–water partition coefficient (Wildman–Crippen LogP) is 4.51. The third-order valence-corrected chi connectivity index (χ3v) is 2.86. The van der Waals surface area contributed by atoms with Crippen molar-refractivity contribution >= 4 is 0 Å². The molecule has 0 radical (unpaired) electrons. The van der Waals surface area contributed by atoms with Gasteiger partial charge in [-0.25, -0.2) is 0 Å². The fraction of sp³-hybridized carbons (Fsp3) is 0.500. The second-order valence-electron chi connectivity index (χ2n) is 4.28. The fourth-order valence-electron chi connectivity index (χ4n) is 1.83. The van der Waals surface area contributed by atoms with Crippen LogP contribution in [0.2, 0.25) is 0 Å². The number of halogens is 3. The zero-order chi connectivity index (χ0) is 14.5. The van der Waals surface area contributed by atoms with Crippen molar-refractivity contribution in [3.8, 4) is 11.8 Å². The number of ether oxygens (including phenoxy) is 1. The maximum absolute atomic E-state index is 12.7. The Morgan fingerprint density at radius 1 is 1.37 bits per heavy atom. The van der Waals surface area contributed by atoms with Crippen molar-refractivity contribution in [2.24, 2.45) is 0 Å². The van der Waals surface area contributed by atoms with E-state index in [1.165, 1.54) is 6.07 Å². The third kappa shape index (κ3) is 4.16. The standard InChI is InChI=1S/C14H16F3NO/c1-3-19-13-7-6-11(14(15,16)17)9-12(13)10(2)5-4-8-18/h6-7,9-10H,3-5H2,1-2H3. The molecule has 0 aliphatic heterocycles. The summed E-state index contributed by atoms with van der Waals surface area (Å²) in [6.45, 7) is 3.97. The smallest absolute Gasteiger partial charge is 0.416 e. The SMILES string of the molecule is CCOc1ccc(C(F)(F)F)cc1C(C)CCC#N. The van der Waals surface area contributed by atoms with Gasteiger partial charge >= 0.3 is 6.18 Å². The topological polar surface area (TPSA) is 33.0 Å². The lowest BCUT2D eigenvalue weighted by atomic mass is 9.94. The lowest BCUT2D eigenvalue weighted by Gasteiger charge is -2.18. The van der Waals surface area contributed by atoms with E-state index in [9.17, 15) is 13.2 Å². The normalized spacial score (nSPS) is 12.8. The predicted molar refractivity (Wildman–Crippen MR) is 65.9 cm³/mol. The first-order valence-corrected chi connectivity index (χ1v) is 6.11. The van der Waals surface area contributed by atoms with E-state index in [1.54, 1.807) is 13.8 Å². The Morgan fingerprint density at radius 3 is 2.58 bits per heavy atom. The Bertz CT molecular complexity index is 463. The molecule has 0 amide bonds. The molecular weight excluding hydrogens is 255 g/mol. The van der Waals surface area contributed by atoms with Crippen LogP contribution in [0.15, 0.2) is 18.2 Å². The summed E-state index contributed by atoms with van der Waals surface area (Å²) >= 11 is 0. The summed E-state index contributed by atoms with van der Waals surface area (Å²) < 4.78 is 43.5. The largest absolute Gasteiger partial charge is 0.494 e. The summed E-state index contributed by atoms with van der Waals surface area (Å²) in [4.78, 5) is 0. The fourth-order valence-corrected chi connectivity index (χ4v) is 1.83. The molecule has 1 unspecified atom stereocenters. The Kier molecular flexibility index (Phi) is 5.22. The van der Waals surface area contributed by atoms with E-state index in [1.807, 2.05) is 6.07 Å². The van der Waals surface area contributed by atoms with Gasteiger partial charge in [0.2, 0.25) is 0 Å². The molecule has 1 aromatic rings. The molecule has 0 saturated carbocycles. The van der Waals surface area contributed by atoms with Crippen molar-refractivity contribution in [1.29, 1.82) is 5.26 Å². The van der Waals surface area contributed by atoms with Crippen molar-refractivity contribution in [2.45, 2.75) is 38.8 Å². The molecule has 1 rings (SSSR count). The van der Waals surface area contributed by atoms with E-state index in [0.29, 0.717) is 30.8 Å². The number of hydrogen-bond donors (Lipinski definition) is 0. The van der Waals surface area contributed by atoms with Crippen LogP contribution in [0, 0.1) is 11.3 Å². The minimum atomic E-state index is -4.37. The van der Waals surface area contributed by atoms with Gasteiger partial charge in [0.1, 0.15) is 5.75 Å². The van der Waals surface area contributed by atoms with Gasteiger partial charge in [0.25, 0.3) is 0 Å². The first-order valence-electron chi connectivity index (χ1n) is 6.11. The molecule has 0 spiro atoms. The minimum absolute atomic E-state index is 0.150. The zero-order valence-corrected chi connectivity index (χ0v) is 10.9. The molecule has 1 aromatic carbocycles. The maximum Gasteiger partial charge on any atom is 0.416 e. The van der Waals surface area contributed by atoms with E-state index in [4.69, 9.17) is 10.00 Å². The summed E-state index contributed by atoms with van der Waals surface area (Å²) in [5, 5.41) is 8.56. The van der Waals surface area contributed by atoms with Crippen LogP contribution in [0.25, 0.3) is 0 Å². The Hall–Kier alpha value is -1.70. The quantitative estimate of drug-likeness (QED) is 0.789. The summed E-state index contributed by atoms with van der Waals surface area (Å²) in [7, 11) is 0. The van der Waals surface area contributed by atoms with Gasteiger partial charge in [-0.2, -0.15) is 18.4 Å². The summed E-state index contributed by atoms with van der Waals surface area (Å²) in [6, 6.07) is 5.49. The lowest BCUT2D eigenvalue weighted by molar-refractivity contribution is -0.137. The third-order valence-electron chi connectivity index (χ3n) is 2.86. The van der Waals surface area contributed by atoms with Gasteiger partial charge in [0.15, 0.2) is 0 Å². The van der Waals surface area contributed by atoms with Crippen LogP contribution in [0.1, 0.15) is 43.7 Å². The van der Waals surface area contributed by atoms with E-state index in [0.717, 1.165) is 12.1 Å². The van der Waals surface area contributed by atoms with Crippen LogP contribution in [-0.2, 0) is 6.18 Å². The molecule has 5 heteroatoms. The Labute approximate surface area is 110 Å². The Balaban J connectivity index is 3.12. The maximum atomic E-state index is 12.7. The molecule has 1 atom stereocenters. The number of benzene rings is 1. The van der Waals surface area contributed by atoms with Crippen LogP contribution in [0.4, 0.5) is 13.2 Å². The van der Waals surface area contributed by atoms with Crippen molar-refractivity contribution in [1.82, 2.24) is 0 Å². The highest BCUT2D eigenvalue weighted by molar-refractivity contribution is 5.40. The molecule has 0 heterocycles. The number of alkyl halides is 3. The first kappa shape index (κ1) is 15.4. The summed E-state index contributed by atoms with van der Waals surface area (Å²) in [6.07, 6.45) is -3.55. The average molecular weight is 271 g/mol. The molecule has 0 saturated heterocycles. The van der Waals surface area contributed by atoms with Gasteiger partial charge in [0.05, 0.1) is 18.2 Å². The number of nitrogens with zero attached hydrogens (tertiary/aromatic N) is 1. The van der Waals surface area contributed by atoms with E-state index in [-0.39, 0.29) is 5.92 Å². The van der Waals surface area contributed by atoms with Crippen molar-refractivity contribution < 1.29 is 17.9 Å². The van der Waals surface area contributed by atoms with Crippen LogP contribution in [0.5, 0.6) is 5.75 Å². The second kappa shape index (κ2) is 6.46. The van der Waals surface area contributed by atoms with Gasteiger partial charge < -0.3 is 4.74 Å². The van der Waals surface area contributed by atoms with Gasteiger partial charge in [-0.1, -0.05) is 6.92 Å². The van der Waals surface area contributed by atoms with Crippen molar-refractivity contribution in [2.75, 3.05) is 6.61 Å². The minimum Gasteiger partial charge on any atom is -0.494 e. The van der Waals surface area contributed by atoms with Crippen LogP contribution in [-0.4, -0.2) is 6.61 Å². The van der Waals surface area contributed by atoms with E-state index in [2.05, 4.69) is 0 Å². The van der Waals surface area contributed by atoms with Crippen LogP contribution in [0.3, 0.4) is 0 Å². The average Bonchev–Trinajstić information content (AvgIpc) is 2.35. The molecule has 0 bridgehead atoms. The van der Waals surface area contributed by atoms with Crippen molar-refractivity contribution in [3.63, 3.8) is 0 Å². The Morgan fingerprint density at radius 2 is 2.05 bits per heavy atom.